The summed E-state index contributed by atoms with van der Waals surface area (Å²) < 4.78 is 15.7. The molecule has 24 heavy (non-hydrogen) atoms. The molecule has 2 aromatic rings. The predicted octanol–water partition coefficient (Wildman–Crippen LogP) is 3.07. The van der Waals surface area contributed by atoms with Crippen LogP contribution in [0.4, 0.5) is 5.69 Å². The summed E-state index contributed by atoms with van der Waals surface area (Å²) in [5.41, 5.74) is 1.80. The molecule has 1 fully saturated rings. The summed E-state index contributed by atoms with van der Waals surface area (Å²) in [5.74, 6) is -1.85. The molecule has 7 nitrogen and oxygen atoms in total. The second kappa shape index (κ2) is 6.20. The van der Waals surface area contributed by atoms with Gasteiger partial charge in [-0.25, -0.2) is 14.6 Å². The van der Waals surface area contributed by atoms with Gasteiger partial charge >= 0.3 is 11.9 Å². The molecule has 0 saturated carbocycles. The monoisotopic (exact) mass is 348 g/mol. The second-order valence-electron chi connectivity index (χ2n) is 5.48. The number of cyclic esters (lactones) is 2. The smallest absolute Gasteiger partial charge is 0.350 e. The van der Waals surface area contributed by atoms with Crippen LogP contribution in [0.1, 0.15) is 20.8 Å². The van der Waals surface area contributed by atoms with E-state index in [0.29, 0.717) is 16.5 Å². The standard InChI is InChI=1S/C16H16N2O5S/c1-4-24-15-18-11-6-5-9(7-12(11)21-15)17-8-10-13(19)22-16(2,3)23-14(10)20/h5-8,17H,4H2,1-3H3. The van der Waals surface area contributed by atoms with Gasteiger partial charge in [-0.2, -0.15) is 0 Å². The van der Waals surface area contributed by atoms with E-state index in [2.05, 4.69) is 10.3 Å². The Kier molecular flexibility index (Phi) is 4.23. The number of nitrogens with zero attached hydrogens (tertiary/aromatic N) is 1. The van der Waals surface area contributed by atoms with Crippen molar-refractivity contribution in [1.29, 1.82) is 0 Å². The van der Waals surface area contributed by atoms with Crippen molar-refractivity contribution in [3.63, 3.8) is 0 Å². The zero-order valence-corrected chi connectivity index (χ0v) is 14.2. The van der Waals surface area contributed by atoms with Crippen LogP contribution in [0, 0.1) is 0 Å². The van der Waals surface area contributed by atoms with Gasteiger partial charge in [0.25, 0.3) is 11.0 Å². The Bertz CT molecular complexity index is 818. The Morgan fingerprint density at radius 3 is 2.62 bits per heavy atom. The number of fused-ring (bicyclic) bond motifs is 1. The molecule has 1 N–H and O–H groups in total. The van der Waals surface area contributed by atoms with E-state index < -0.39 is 17.7 Å². The van der Waals surface area contributed by atoms with E-state index in [1.807, 2.05) is 6.92 Å². The first-order chi connectivity index (χ1) is 11.4. The molecule has 1 aliphatic rings. The second-order valence-corrected chi connectivity index (χ2v) is 6.69. The topological polar surface area (TPSA) is 90.7 Å². The molecule has 1 aromatic heterocycles. The molecule has 0 unspecified atom stereocenters. The van der Waals surface area contributed by atoms with E-state index in [9.17, 15) is 9.59 Å². The number of esters is 2. The molecule has 0 amide bonds. The minimum Gasteiger partial charge on any atom is -0.431 e. The van der Waals surface area contributed by atoms with Crippen LogP contribution in [0.25, 0.3) is 11.1 Å². The molecule has 126 valence electrons. The Morgan fingerprint density at radius 2 is 1.96 bits per heavy atom. The summed E-state index contributed by atoms with van der Waals surface area (Å²) in [6.07, 6.45) is 1.26. The SMILES string of the molecule is CCSc1nc2ccc(NC=C3C(=O)OC(C)(C)OC3=O)cc2o1. The summed E-state index contributed by atoms with van der Waals surface area (Å²) in [6, 6.07) is 5.30. The number of aromatic nitrogens is 1. The minimum absolute atomic E-state index is 0.200. The largest absolute Gasteiger partial charge is 0.431 e. The number of thioether (sulfide) groups is 1. The fraction of sp³-hybridized carbons (Fsp3) is 0.312. The Balaban J connectivity index is 1.79. The van der Waals surface area contributed by atoms with E-state index in [4.69, 9.17) is 13.9 Å². The van der Waals surface area contributed by atoms with Gasteiger partial charge < -0.3 is 19.2 Å². The maximum atomic E-state index is 11.9. The number of carbonyl (C=O) groups excluding carboxylic acids is 2. The number of carbonyl (C=O) groups is 2. The van der Waals surface area contributed by atoms with Crippen LogP contribution in [0.3, 0.4) is 0 Å². The van der Waals surface area contributed by atoms with Crippen LogP contribution in [0.5, 0.6) is 0 Å². The van der Waals surface area contributed by atoms with Gasteiger partial charge in [-0.15, -0.1) is 0 Å². The van der Waals surface area contributed by atoms with E-state index in [1.54, 1.807) is 18.2 Å². The predicted molar refractivity (Wildman–Crippen MR) is 88.4 cm³/mol. The molecule has 0 bridgehead atoms. The molecule has 1 aromatic carbocycles. The third-order valence-corrected chi connectivity index (χ3v) is 3.85. The molecular formula is C16H16N2O5S. The highest BCUT2D eigenvalue weighted by molar-refractivity contribution is 7.99. The van der Waals surface area contributed by atoms with Crippen molar-refractivity contribution >= 4 is 40.5 Å². The highest BCUT2D eigenvalue weighted by Gasteiger charge is 2.38. The fourth-order valence-corrected chi connectivity index (χ4v) is 2.67. The van der Waals surface area contributed by atoms with E-state index in [1.165, 1.54) is 31.8 Å². The number of hydrogen-bond acceptors (Lipinski definition) is 8. The van der Waals surface area contributed by atoms with Gasteiger partial charge in [-0.05, 0) is 17.9 Å². The zero-order chi connectivity index (χ0) is 17.3. The van der Waals surface area contributed by atoms with Gasteiger partial charge in [0.2, 0.25) is 0 Å². The van der Waals surface area contributed by atoms with Crippen molar-refractivity contribution < 1.29 is 23.5 Å². The van der Waals surface area contributed by atoms with Gasteiger partial charge in [0, 0.05) is 31.8 Å². The molecule has 0 aliphatic carbocycles. The molecule has 1 saturated heterocycles. The Labute approximate surface area is 142 Å². The highest BCUT2D eigenvalue weighted by atomic mass is 32.2. The first kappa shape index (κ1) is 16.4. The summed E-state index contributed by atoms with van der Waals surface area (Å²) >= 11 is 1.51. The van der Waals surface area contributed by atoms with Gasteiger partial charge in [0.05, 0.1) is 0 Å². The summed E-state index contributed by atoms with van der Waals surface area (Å²) in [5, 5.41) is 3.48. The van der Waals surface area contributed by atoms with Crippen molar-refractivity contribution in [2.45, 2.75) is 31.8 Å². The number of hydrogen-bond donors (Lipinski definition) is 1. The average molecular weight is 348 g/mol. The van der Waals surface area contributed by atoms with Crippen LogP contribution in [-0.4, -0.2) is 28.5 Å². The number of nitrogens with one attached hydrogen (secondary N) is 1. The average Bonchev–Trinajstić information content (AvgIpc) is 2.87. The Hall–Kier alpha value is -2.48. The van der Waals surface area contributed by atoms with Crippen LogP contribution >= 0.6 is 11.8 Å². The van der Waals surface area contributed by atoms with Crippen molar-refractivity contribution in [1.82, 2.24) is 4.98 Å². The van der Waals surface area contributed by atoms with E-state index >= 15 is 0 Å². The molecule has 3 rings (SSSR count). The van der Waals surface area contributed by atoms with Crippen molar-refractivity contribution in [3.8, 4) is 0 Å². The number of ether oxygens (including phenoxy) is 2. The summed E-state index contributed by atoms with van der Waals surface area (Å²) in [6.45, 7) is 5.01. The summed E-state index contributed by atoms with van der Waals surface area (Å²) in [7, 11) is 0. The lowest BCUT2D eigenvalue weighted by atomic mass is 10.2. The van der Waals surface area contributed by atoms with Crippen LogP contribution in [0.15, 0.2) is 39.6 Å². The molecule has 0 atom stereocenters. The first-order valence-corrected chi connectivity index (χ1v) is 8.33. The van der Waals surface area contributed by atoms with Crippen LogP contribution < -0.4 is 5.32 Å². The van der Waals surface area contributed by atoms with Gasteiger partial charge in [0.15, 0.2) is 11.2 Å². The summed E-state index contributed by atoms with van der Waals surface area (Å²) in [4.78, 5) is 28.1. The van der Waals surface area contributed by atoms with E-state index in [-0.39, 0.29) is 5.57 Å². The number of benzene rings is 1. The van der Waals surface area contributed by atoms with Crippen molar-refractivity contribution in [2.24, 2.45) is 0 Å². The third-order valence-electron chi connectivity index (χ3n) is 3.14. The molecular weight excluding hydrogens is 332 g/mol. The lowest BCUT2D eigenvalue weighted by Gasteiger charge is -2.29. The molecule has 0 spiro atoms. The Morgan fingerprint density at radius 1 is 1.25 bits per heavy atom. The minimum atomic E-state index is -1.25. The maximum Gasteiger partial charge on any atom is 0.350 e. The van der Waals surface area contributed by atoms with Gasteiger partial charge in [0.1, 0.15) is 5.52 Å². The fourth-order valence-electron chi connectivity index (χ4n) is 2.11. The van der Waals surface area contributed by atoms with Crippen LogP contribution in [0.2, 0.25) is 0 Å². The third kappa shape index (κ3) is 3.38. The number of rotatable bonds is 4. The van der Waals surface area contributed by atoms with Crippen LogP contribution in [-0.2, 0) is 19.1 Å². The van der Waals surface area contributed by atoms with Gasteiger partial charge in [-0.1, -0.05) is 18.7 Å². The molecule has 1 aliphatic heterocycles. The zero-order valence-electron chi connectivity index (χ0n) is 13.4. The molecule has 0 radical (unpaired) electrons. The number of oxazole rings is 1. The normalized spacial score (nSPS) is 16.7. The maximum absolute atomic E-state index is 11.9. The quantitative estimate of drug-likeness (QED) is 0.390. The molecule has 8 heteroatoms. The highest BCUT2D eigenvalue weighted by Crippen LogP contribution is 2.26. The lowest BCUT2D eigenvalue weighted by molar-refractivity contribution is -0.222. The van der Waals surface area contributed by atoms with Crippen molar-refractivity contribution in [2.75, 3.05) is 11.1 Å². The number of anilines is 1. The van der Waals surface area contributed by atoms with Crippen molar-refractivity contribution in [3.05, 3.63) is 30.0 Å². The van der Waals surface area contributed by atoms with Gasteiger partial charge in [-0.3, -0.25) is 0 Å². The first-order valence-electron chi connectivity index (χ1n) is 7.35. The lowest BCUT2D eigenvalue weighted by Crippen LogP contribution is -2.42. The van der Waals surface area contributed by atoms with E-state index in [0.717, 1.165) is 11.3 Å². The molecule has 2 heterocycles.